The normalized spacial score (nSPS) is 19.2. The highest BCUT2D eigenvalue weighted by Crippen LogP contribution is 2.20. The van der Waals surface area contributed by atoms with Gasteiger partial charge in [0.15, 0.2) is 0 Å². The van der Waals surface area contributed by atoms with E-state index >= 15 is 0 Å². The van der Waals surface area contributed by atoms with Crippen molar-refractivity contribution in [1.29, 1.82) is 0 Å². The van der Waals surface area contributed by atoms with Crippen LogP contribution in [-0.2, 0) is 20.7 Å². The Balaban J connectivity index is 0.00000312. The summed E-state index contributed by atoms with van der Waals surface area (Å²) in [6.07, 6.45) is 1.45. The Morgan fingerprint density at radius 3 is 2.36 bits per heavy atom. The van der Waals surface area contributed by atoms with Crippen molar-refractivity contribution in [3.63, 3.8) is 0 Å². The molecule has 1 saturated heterocycles. The molecule has 7 heteroatoms. The first-order chi connectivity index (χ1) is 11.6. The lowest BCUT2D eigenvalue weighted by molar-refractivity contribution is -0.130. The summed E-state index contributed by atoms with van der Waals surface area (Å²) in [5.41, 5.74) is 7.20. The highest BCUT2D eigenvalue weighted by molar-refractivity contribution is 5.94. The van der Waals surface area contributed by atoms with Gasteiger partial charge >= 0.3 is 0 Å². The highest BCUT2D eigenvalue weighted by Gasteiger charge is 2.29. The van der Waals surface area contributed by atoms with Crippen LogP contribution in [-0.4, -0.2) is 48.6 Å². The minimum atomic E-state index is -0.428. The fraction of sp³-hybridized carbons (Fsp3) is 0.556. The number of rotatable bonds is 7. The molecule has 0 aliphatic carbocycles. The Bertz CT molecular complexity index is 561. The molecule has 1 aliphatic heterocycles. The van der Waals surface area contributed by atoms with Crippen LogP contribution in [0.2, 0.25) is 0 Å². The average Bonchev–Trinajstić information content (AvgIpc) is 3.07. The van der Waals surface area contributed by atoms with Crippen LogP contribution < -0.4 is 11.1 Å². The van der Waals surface area contributed by atoms with Crippen molar-refractivity contribution in [2.75, 3.05) is 25.0 Å². The molecule has 2 amide bonds. The van der Waals surface area contributed by atoms with E-state index in [1.807, 2.05) is 38.1 Å². The first kappa shape index (κ1) is 21.4. The smallest absolute Gasteiger partial charge is 0.253 e. The SMILES string of the molecule is CCN(CC)C(=O)Cc1ccc(NC(=O)[C@@H]2CC[C@H](CN)O2)cc1.Cl. The summed E-state index contributed by atoms with van der Waals surface area (Å²) >= 11 is 0. The van der Waals surface area contributed by atoms with E-state index in [0.717, 1.165) is 12.0 Å². The number of hydrogen-bond acceptors (Lipinski definition) is 4. The fourth-order valence-electron chi connectivity index (χ4n) is 2.86. The number of likely N-dealkylation sites (N-methyl/N-ethyl adjacent to an activating group) is 1. The summed E-state index contributed by atoms with van der Waals surface area (Å²) in [6.45, 7) is 5.82. The molecular weight excluding hydrogens is 342 g/mol. The summed E-state index contributed by atoms with van der Waals surface area (Å²) < 4.78 is 5.58. The zero-order chi connectivity index (χ0) is 17.5. The number of ether oxygens (including phenoxy) is 1. The van der Waals surface area contributed by atoms with Crippen LogP contribution >= 0.6 is 12.4 Å². The summed E-state index contributed by atoms with van der Waals surface area (Å²) in [5.74, 6) is -0.0260. The van der Waals surface area contributed by atoms with E-state index < -0.39 is 6.10 Å². The Kier molecular flexibility index (Phi) is 8.89. The third-order valence-corrected chi connectivity index (χ3v) is 4.36. The van der Waals surface area contributed by atoms with Crippen LogP contribution in [0.5, 0.6) is 0 Å². The molecule has 1 aliphatic rings. The molecule has 1 aromatic carbocycles. The van der Waals surface area contributed by atoms with Crippen molar-refractivity contribution in [2.45, 2.75) is 45.3 Å². The van der Waals surface area contributed by atoms with E-state index in [1.165, 1.54) is 0 Å². The lowest BCUT2D eigenvalue weighted by Gasteiger charge is -2.18. The molecule has 0 unspecified atom stereocenters. The van der Waals surface area contributed by atoms with Crippen molar-refractivity contribution in [1.82, 2.24) is 4.90 Å². The van der Waals surface area contributed by atoms with Crippen molar-refractivity contribution in [2.24, 2.45) is 5.73 Å². The van der Waals surface area contributed by atoms with Gasteiger partial charge in [-0.05, 0) is 44.4 Å². The Hall–Kier alpha value is -1.63. The van der Waals surface area contributed by atoms with Gasteiger partial charge in [0.1, 0.15) is 6.10 Å². The van der Waals surface area contributed by atoms with E-state index in [4.69, 9.17) is 10.5 Å². The number of nitrogens with two attached hydrogens (primary N) is 1. The van der Waals surface area contributed by atoms with Gasteiger partial charge < -0.3 is 20.7 Å². The molecular formula is C18H28ClN3O3. The molecule has 1 heterocycles. The molecule has 6 nitrogen and oxygen atoms in total. The van der Waals surface area contributed by atoms with Gasteiger partial charge in [0, 0.05) is 25.3 Å². The van der Waals surface area contributed by atoms with E-state index in [0.29, 0.717) is 38.2 Å². The molecule has 0 aromatic heterocycles. The number of benzene rings is 1. The lowest BCUT2D eigenvalue weighted by Crippen LogP contribution is -2.31. The van der Waals surface area contributed by atoms with Gasteiger partial charge in [-0.3, -0.25) is 9.59 Å². The molecule has 0 radical (unpaired) electrons. The molecule has 25 heavy (non-hydrogen) atoms. The first-order valence-corrected chi connectivity index (χ1v) is 8.60. The predicted octanol–water partition coefficient (Wildman–Crippen LogP) is 1.96. The molecule has 1 fully saturated rings. The summed E-state index contributed by atoms with van der Waals surface area (Å²) in [5, 5.41) is 2.85. The van der Waals surface area contributed by atoms with Crippen LogP contribution in [0.15, 0.2) is 24.3 Å². The second-order valence-corrected chi connectivity index (χ2v) is 5.99. The number of halogens is 1. The average molecular weight is 370 g/mol. The standard InChI is InChI=1S/C18H27N3O3.ClH/c1-3-21(4-2)17(22)11-13-5-7-14(8-6-13)20-18(23)16-10-9-15(12-19)24-16;/h5-8,15-16H,3-4,9-12,19H2,1-2H3,(H,20,23);1H/t15-,16+;/m1./s1. The van der Waals surface area contributed by atoms with Crippen LogP contribution in [0.1, 0.15) is 32.3 Å². The number of nitrogens with zero attached hydrogens (tertiary/aromatic N) is 1. The van der Waals surface area contributed by atoms with Gasteiger partial charge in [-0.25, -0.2) is 0 Å². The number of carbonyl (C=O) groups excluding carboxylic acids is 2. The minimum absolute atomic E-state index is 0. The second-order valence-electron chi connectivity index (χ2n) is 5.99. The van der Waals surface area contributed by atoms with Gasteiger partial charge in [-0.1, -0.05) is 12.1 Å². The van der Waals surface area contributed by atoms with Crippen molar-refractivity contribution >= 4 is 29.9 Å². The molecule has 140 valence electrons. The number of amides is 2. The van der Waals surface area contributed by atoms with Crippen LogP contribution in [0.25, 0.3) is 0 Å². The van der Waals surface area contributed by atoms with Crippen LogP contribution in [0.4, 0.5) is 5.69 Å². The molecule has 3 N–H and O–H groups in total. The van der Waals surface area contributed by atoms with E-state index in [2.05, 4.69) is 5.32 Å². The van der Waals surface area contributed by atoms with Crippen LogP contribution in [0.3, 0.4) is 0 Å². The Morgan fingerprint density at radius 1 is 1.20 bits per heavy atom. The number of hydrogen-bond donors (Lipinski definition) is 2. The van der Waals surface area contributed by atoms with Crippen LogP contribution in [0, 0.1) is 0 Å². The third kappa shape index (κ3) is 5.99. The van der Waals surface area contributed by atoms with E-state index in [1.54, 1.807) is 4.90 Å². The van der Waals surface area contributed by atoms with Crippen molar-refractivity contribution in [3.8, 4) is 0 Å². The van der Waals surface area contributed by atoms with E-state index in [9.17, 15) is 9.59 Å². The maximum Gasteiger partial charge on any atom is 0.253 e. The van der Waals surface area contributed by atoms with Gasteiger partial charge in [-0.2, -0.15) is 0 Å². The van der Waals surface area contributed by atoms with Crippen molar-refractivity contribution in [3.05, 3.63) is 29.8 Å². The minimum Gasteiger partial charge on any atom is -0.364 e. The maximum absolute atomic E-state index is 12.2. The van der Waals surface area contributed by atoms with Gasteiger partial charge in [-0.15, -0.1) is 12.4 Å². The molecule has 2 atom stereocenters. The zero-order valence-electron chi connectivity index (χ0n) is 14.9. The zero-order valence-corrected chi connectivity index (χ0v) is 15.7. The lowest BCUT2D eigenvalue weighted by atomic mass is 10.1. The maximum atomic E-state index is 12.2. The quantitative estimate of drug-likeness (QED) is 0.769. The second kappa shape index (κ2) is 10.4. The highest BCUT2D eigenvalue weighted by atomic mass is 35.5. The summed E-state index contributed by atoms with van der Waals surface area (Å²) in [6, 6.07) is 7.38. The number of nitrogens with one attached hydrogen (secondary N) is 1. The Labute approximate surface area is 155 Å². The topological polar surface area (TPSA) is 84.7 Å². The number of anilines is 1. The van der Waals surface area contributed by atoms with Gasteiger partial charge in [0.25, 0.3) is 5.91 Å². The van der Waals surface area contributed by atoms with Gasteiger partial charge in [0.2, 0.25) is 5.91 Å². The molecule has 2 rings (SSSR count). The van der Waals surface area contributed by atoms with Crippen molar-refractivity contribution < 1.29 is 14.3 Å². The summed E-state index contributed by atoms with van der Waals surface area (Å²) in [7, 11) is 0. The third-order valence-electron chi connectivity index (χ3n) is 4.36. The molecule has 0 bridgehead atoms. The predicted molar refractivity (Wildman–Crippen MR) is 101 cm³/mol. The number of carbonyl (C=O) groups is 2. The molecule has 1 aromatic rings. The fourth-order valence-corrected chi connectivity index (χ4v) is 2.86. The summed E-state index contributed by atoms with van der Waals surface area (Å²) in [4.78, 5) is 26.1. The monoisotopic (exact) mass is 369 g/mol. The first-order valence-electron chi connectivity index (χ1n) is 8.60. The molecule has 0 saturated carbocycles. The van der Waals surface area contributed by atoms with Gasteiger partial charge in [0.05, 0.1) is 12.5 Å². The Morgan fingerprint density at radius 2 is 1.84 bits per heavy atom. The largest absolute Gasteiger partial charge is 0.364 e. The van der Waals surface area contributed by atoms with E-state index in [-0.39, 0.29) is 30.3 Å². The molecule has 0 spiro atoms.